The van der Waals surface area contributed by atoms with Crippen LogP contribution in [0.1, 0.15) is 36.0 Å². The van der Waals surface area contributed by atoms with Crippen LogP contribution in [-0.4, -0.2) is 73.2 Å². The molecule has 1 amide bonds. The van der Waals surface area contributed by atoms with Gasteiger partial charge in [0.15, 0.2) is 5.13 Å². The normalized spacial score (nSPS) is 16.7. The number of hydrogen-bond donors (Lipinski definition) is 0. The van der Waals surface area contributed by atoms with E-state index in [4.69, 9.17) is 9.72 Å². The van der Waals surface area contributed by atoms with Crippen LogP contribution in [-0.2, 0) is 4.74 Å². The highest BCUT2D eigenvalue weighted by atomic mass is 79.9. The Morgan fingerprint density at radius 3 is 2.65 bits per heavy atom. The second-order valence-electron chi connectivity index (χ2n) is 9.38. The Morgan fingerprint density at radius 1 is 1.11 bits per heavy atom. The first kappa shape index (κ1) is 26.0. The molecule has 2 aliphatic heterocycles. The summed E-state index contributed by atoms with van der Waals surface area (Å²) < 4.78 is 7.37. The van der Waals surface area contributed by atoms with E-state index in [9.17, 15) is 14.9 Å². The van der Waals surface area contributed by atoms with E-state index in [-0.39, 0.29) is 16.5 Å². The number of anilines is 2. The number of aromatic nitrogens is 1. The predicted molar refractivity (Wildman–Crippen MR) is 150 cm³/mol. The number of nitro benzene ring substituents is 1. The number of morpholine rings is 1. The topological polar surface area (TPSA) is 92.0 Å². The van der Waals surface area contributed by atoms with Crippen LogP contribution in [0.2, 0.25) is 0 Å². The van der Waals surface area contributed by atoms with Crippen molar-refractivity contribution in [2.45, 2.75) is 25.7 Å². The minimum absolute atomic E-state index is 0.0192. The first-order valence-electron chi connectivity index (χ1n) is 12.7. The molecule has 0 aliphatic carbocycles. The maximum atomic E-state index is 13.8. The third-order valence-corrected chi connectivity index (χ3v) is 8.43. The van der Waals surface area contributed by atoms with Crippen molar-refractivity contribution in [2.75, 3.05) is 62.3 Å². The van der Waals surface area contributed by atoms with Crippen molar-refractivity contribution in [2.24, 2.45) is 0 Å². The first-order chi connectivity index (χ1) is 18.0. The molecule has 2 aliphatic rings. The van der Waals surface area contributed by atoms with Crippen LogP contribution >= 0.6 is 27.3 Å². The number of carbonyl (C=O) groups is 1. The number of thiazole rings is 1. The molecule has 11 heteroatoms. The molecule has 1 aromatic heterocycles. The molecule has 0 bridgehead atoms. The predicted octanol–water partition coefficient (Wildman–Crippen LogP) is 5.33. The maximum Gasteiger partial charge on any atom is 0.293 e. The maximum absolute atomic E-state index is 13.8. The molecule has 0 saturated carbocycles. The Morgan fingerprint density at radius 2 is 1.89 bits per heavy atom. The number of carbonyl (C=O) groups excluding carboxylic acids is 1. The van der Waals surface area contributed by atoms with Crippen molar-refractivity contribution in [3.63, 3.8) is 0 Å². The van der Waals surface area contributed by atoms with E-state index in [0.29, 0.717) is 22.9 Å². The number of hydrogen-bond acceptors (Lipinski definition) is 8. The zero-order valence-electron chi connectivity index (χ0n) is 20.6. The third-order valence-electron chi connectivity index (χ3n) is 6.89. The second-order valence-corrected chi connectivity index (χ2v) is 11.3. The van der Waals surface area contributed by atoms with E-state index >= 15 is 0 Å². The van der Waals surface area contributed by atoms with E-state index in [2.05, 4.69) is 25.7 Å². The molecule has 3 heterocycles. The molecule has 0 spiro atoms. The van der Waals surface area contributed by atoms with Gasteiger partial charge in [0.2, 0.25) is 0 Å². The second kappa shape index (κ2) is 11.8. The average molecular weight is 589 g/mol. The molecule has 9 nitrogen and oxygen atoms in total. The SMILES string of the molecule is O=C(c1ccc(N2CCCCC2)c([N+](=O)[O-])c1)N(CCCN1CCOCC1)c1nc2ccc(Br)cc2s1. The van der Waals surface area contributed by atoms with Crippen LogP contribution in [0.3, 0.4) is 0 Å². The zero-order valence-corrected chi connectivity index (χ0v) is 23.0. The number of rotatable bonds is 8. The van der Waals surface area contributed by atoms with Gasteiger partial charge in [0.25, 0.3) is 11.6 Å². The summed E-state index contributed by atoms with van der Waals surface area (Å²) in [6.45, 7) is 6.12. The Hall–Kier alpha value is -2.60. The summed E-state index contributed by atoms with van der Waals surface area (Å²) in [5.74, 6) is -0.270. The fourth-order valence-corrected chi connectivity index (χ4v) is 6.47. The highest BCUT2D eigenvalue weighted by molar-refractivity contribution is 9.10. The van der Waals surface area contributed by atoms with Crippen LogP contribution in [0.4, 0.5) is 16.5 Å². The largest absolute Gasteiger partial charge is 0.379 e. The Balaban J connectivity index is 1.43. The van der Waals surface area contributed by atoms with E-state index in [1.807, 2.05) is 18.2 Å². The minimum Gasteiger partial charge on any atom is -0.379 e. The van der Waals surface area contributed by atoms with Gasteiger partial charge in [-0.3, -0.25) is 24.7 Å². The first-order valence-corrected chi connectivity index (χ1v) is 14.3. The van der Waals surface area contributed by atoms with E-state index < -0.39 is 0 Å². The van der Waals surface area contributed by atoms with Crippen LogP contribution < -0.4 is 9.80 Å². The molecule has 2 aromatic carbocycles. The van der Waals surface area contributed by atoms with E-state index in [1.165, 1.54) is 17.4 Å². The van der Waals surface area contributed by atoms with Crippen LogP contribution in [0.5, 0.6) is 0 Å². The van der Waals surface area contributed by atoms with Gasteiger partial charge >= 0.3 is 0 Å². The van der Waals surface area contributed by atoms with Gasteiger partial charge in [-0.2, -0.15) is 0 Å². The molecule has 0 unspecified atom stereocenters. The van der Waals surface area contributed by atoms with Crippen molar-refractivity contribution < 1.29 is 14.5 Å². The van der Waals surface area contributed by atoms with Crippen LogP contribution in [0.25, 0.3) is 10.2 Å². The molecule has 0 N–H and O–H groups in total. The van der Waals surface area contributed by atoms with Gasteiger partial charge < -0.3 is 9.64 Å². The molecule has 5 rings (SSSR count). The van der Waals surface area contributed by atoms with Crippen LogP contribution in [0.15, 0.2) is 40.9 Å². The monoisotopic (exact) mass is 587 g/mol. The lowest BCUT2D eigenvalue weighted by molar-refractivity contribution is -0.384. The number of nitro groups is 1. The van der Waals surface area contributed by atoms with Gasteiger partial charge in [-0.15, -0.1) is 0 Å². The number of fused-ring (bicyclic) bond motifs is 1. The molecule has 196 valence electrons. The highest BCUT2D eigenvalue weighted by Gasteiger charge is 2.27. The van der Waals surface area contributed by atoms with Gasteiger partial charge in [0.1, 0.15) is 5.69 Å². The standard InChI is InChI=1S/C26H30BrN5O4S/c27-20-6-7-21-24(18-20)37-26(28-21)31(12-4-9-29-13-15-36-16-14-29)25(33)19-5-8-22(23(17-19)32(34)35)30-10-2-1-3-11-30/h5-8,17-18H,1-4,9-16H2. The van der Waals surface area contributed by atoms with Crippen LogP contribution in [0, 0.1) is 10.1 Å². The smallest absolute Gasteiger partial charge is 0.293 e. The molecule has 3 aromatic rings. The third kappa shape index (κ3) is 6.11. The molecule has 0 atom stereocenters. The summed E-state index contributed by atoms with van der Waals surface area (Å²) >= 11 is 4.96. The summed E-state index contributed by atoms with van der Waals surface area (Å²) in [4.78, 5) is 36.3. The molecule has 0 radical (unpaired) electrons. The number of ether oxygens (including phenoxy) is 1. The molecule has 2 fully saturated rings. The van der Waals surface area contributed by atoms with Gasteiger partial charge in [-0.25, -0.2) is 4.98 Å². The van der Waals surface area contributed by atoms with Gasteiger partial charge in [-0.05, 0) is 56.0 Å². The van der Waals surface area contributed by atoms with Crippen molar-refractivity contribution in [1.82, 2.24) is 9.88 Å². The summed E-state index contributed by atoms with van der Waals surface area (Å²) in [6.07, 6.45) is 3.93. The summed E-state index contributed by atoms with van der Waals surface area (Å²) in [5.41, 5.74) is 1.69. The molecule has 2 saturated heterocycles. The van der Waals surface area contributed by atoms with E-state index in [0.717, 1.165) is 86.3 Å². The minimum atomic E-state index is -0.376. The Bertz CT molecular complexity index is 1270. The van der Waals surface area contributed by atoms with Gasteiger partial charge in [-0.1, -0.05) is 27.3 Å². The van der Waals surface area contributed by atoms with Gasteiger partial charge in [0, 0.05) is 55.4 Å². The summed E-state index contributed by atoms with van der Waals surface area (Å²) in [5, 5.41) is 12.6. The lowest BCUT2D eigenvalue weighted by Gasteiger charge is -2.29. The number of halogens is 1. The van der Waals surface area contributed by atoms with Crippen molar-refractivity contribution >= 4 is 59.9 Å². The fraction of sp³-hybridized carbons (Fsp3) is 0.462. The van der Waals surface area contributed by atoms with Crippen molar-refractivity contribution in [3.8, 4) is 0 Å². The van der Waals surface area contributed by atoms with Crippen molar-refractivity contribution in [1.29, 1.82) is 0 Å². The Kier molecular flexibility index (Phi) is 8.33. The Labute approximate surface area is 228 Å². The van der Waals surface area contributed by atoms with Gasteiger partial charge in [0.05, 0.1) is 28.4 Å². The lowest BCUT2D eigenvalue weighted by atomic mass is 10.1. The molecule has 37 heavy (non-hydrogen) atoms. The number of amides is 1. The number of piperidine rings is 1. The zero-order chi connectivity index (χ0) is 25.8. The molecular weight excluding hydrogens is 558 g/mol. The quantitative estimate of drug-likeness (QED) is 0.260. The lowest BCUT2D eigenvalue weighted by Crippen LogP contribution is -2.39. The summed E-state index contributed by atoms with van der Waals surface area (Å²) in [7, 11) is 0. The number of nitrogens with zero attached hydrogens (tertiary/aromatic N) is 5. The average Bonchev–Trinajstić information content (AvgIpc) is 3.34. The van der Waals surface area contributed by atoms with Crippen molar-refractivity contribution in [3.05, 3.63) is 56.5 Å². The van der Waals surface area contributed by atoms with E-state index in [1.54, 1.807) is 17.0 Å². The highest BCUT2D eigenvalue weighted by Crippen LogP contribution is 2.34. The fourth-order valence-electron chi connectivity index (χ4n) is 4.92. The number of benzene rings is 2. The molecular formula is C26H30BrN5O4S. The summed E-state index contributed by atoms with van der Waals surface area (Å²) in [6, 6.07) is 10.7.